The van der Waals surface area contributed by atoms with Crippen molar-refractivity contribution in [3.8, 4) is 0 Å². The van der Waals surface area contributed by atoms with E-state index in [-0.39, 0.29) is 0 Å². The van der Waals surface area contributed by atoms with E-state index in [0.29, 0.717) is 0 Å². The number of aliphatic hydroxyl groups excluding tert-OH is 4. The molecule has 0 amide bonds. The van der Waals surface area contributed by atoms with Crippen LogP contribution in [-0.4, -0.2) is 64.7 Å². The van der Waals surface area contributed by atoms with Crippen LogP contribution in [0.1, 0.15) is 0 Å². The van der Waals surface area contributed by atoms with E-state index in [0.717, 1.165) is 0 Å². The molecule has 13 heavy (non-hydrogen) atoms. The lowest BCUT2D eigenvalue weighted by molar-refractivity contribution is -0.235. The third-order valence-corrected chi connectivity index (χ3v) is 2.18. The predicted molar refractivity (Wildman–Crippen MR) is 42.8 cm³/mol. The molecular formula is C7H15NO5. The third kappa shape index (κ3) is 1.98. The largest absolute Gasteiger partial charge is 0.394 e. The predicted octanol–water partition coefficient (Wildman–Crippen LogP) is -2.99. The van der Waals surface area contributed by atoms with Crippen LogP contribution in [0.15, 0.2) is 0 Å². The zero-order valence-electron chi connectivity index (χ0n) is 7.29. The first-order valence-electron chi connectivity index (χ1n) is 4.09. The van der Waals surface area contributed by atoms with Gasteiger partial charge >= 0.3 is 0 Å². The summed E-state index contributed by atoms with van der Waals surface area (Å²) in [6.07, 6.45) is -5.39. The third-order valence-electron chi connectivity index (χ3n) is 2.18. The van der Waals surface area contributed by atoms with Crippen LogP contribution in [0.4, 0.5) is 0 Å². The molecule has 0 radical (unpaired) electrons. The molecule has 1 aliphatic rings. The molecule has 1 rings (SSSR count). The highest BCUT2D eigenvalue weighted by molar-refractivity contribution is 4.90. The minimum atomic E-state index is -1.30. The Morgan fingerprint density at radius 2 is 1.77 bits per heavy atom. The first-order chi connectivity index (χ1) is 6.11. The maximum atomic E-state index is 9.34. The van der Waals surface area contributed by atoms with E-state index < -0.39 is 37.3 Å². The fraction of sp³-hybridized carbons (Fsp3) is 1.00. The van der Waals surface area contributed by atoms with Gasteiger partial charge in [-0.15, -0.1) is 0 Å². The number of hydrogen-bond acceptors (Lipinski definition) is 6. The summed E-state index contributed by atoms with van der Waals surface area (Å²) in [5.41, 5.74) is 0. The molecule has 5 atom stereocenters. The summed E-state index contributed by atoms with van der Waals surface area (Å²) in [4.78, 5) is 0. The second-order valence-corrected chi connectivity index (χ2v) is 3.04. The lowest BCUT2D eigenvalue weighted by Gasteiger charge is -2.39. The smallest absolute Gasteiger partial charge is 0.137 e. The van der Waals surface area contributed by atoms with E-state index in [1.54, 1.807) is 7.05 Å². The van der Waals surface area contributed by atoms with Crippen molar-refractivity contribution in [1.82, 2.24) is 5.32 Å². The van der Waals surface area contributed by atoms with Gasteiger partial charge in [0.2, 0.25) is 0 Å². The van der Waals surface area contributed by atoms with Gasteiger partial charge in [0.15, 0.2) is 0 Å². The number of nitrogens with one attached hydrogen (secondary N) is 1. The maximum absolute atomic E-state index is 9.34. The molecule has 0 bridgehead atoms. The summed E-state index contributed by atoms with van der Waals surface area (Å²) in [6.45, 7) is -0.400. The topological polar surface area (TPSA) is 102 Å². The van der Waals surface area contributed by atoms with Gasteiger partial charge in [-0.05, 0) is 7.05 Å². The van der Waals surface area contributed by atoms with E-state index in [1.165, 1.54) is 0 Å². The molecule has 0 aromatic carbocycles. The molecule has 0 spiro atoms. The standard InChI is InChI=1S/C7H15NO5/c1-8-7-6(12)5(11)4(10)3(2-9)13-7/h3-12H,2H2,1H3/t3-,4-,5+,6+,7+/m1/s1. The Morgan fingerprint density at radius 3 is 2.23 bits per heavy atom. The van der Waals surface area contributed by atoms with Crippen LogP contribution in [0, 0.1) is 0 Å². The van der Waals surface area contributed by atoms with Gasteiger partial charge in [0.25, 0.3) is 0 Å². The Hall–Kier alpha value is -0.240. The lowest BCUT2D eigenvalue weighted by atomic mass is 9.98. The molecule has 0 unspecified atom stereocenters. The van der Waals surface area contributed by atoms with Crippen molar-refractivity contribution < 1.29 is 25.2 Å². The van der Waals surface area contributed by atoms with Crippen LogP contribution in [-0.2, 0) is 4.74 Å². The molecule has 1 heterocycles. The molecule has 5 N–H and O–H groups in total. The summed E-state index contributed by atoms with van der Waals surface area (Å²) < 4.78 is 5.06. The molecule has 0 saturated carbocycles. The van der Waals surface area contributed by atoms with Crippen molar-refractivity contribution in [2.24, 2.45) is 0 Å². The Labute approximate surface area is 75.8 Å². The number of hydrogen-bond donors (Lipinski definition) is 5. The van der Waals surface area contributed by atoms with Crippen LogP contribution in [0.2, 0.25) is 0 Å². The molecule has 6 heteroatoms. The maximum Gasteiger partial charge on any atom is 0.137 e. The Bertz CT molecular complexity index is 147. The van der Waals surface area contributed by atoms with Crippen molar-refractivity contribution in [1.29, 1.82) is 0 Å². The minimum absolute atomic E-state index is 0.400. The quantitative estimate of drug-likeness (QED) is 0.320. The van der Waals surface area contributed by atoms with Crippen LogP contribution < -0.4 is 5.32 Å². The minimum Gasteiger partial charge on any atom is -0.394 e. The lowest BCUT2D eigenvalue weighted by Crippen LogP contribution is -2.61. The molecule has 1 fully saturated rings. The molecule has 6 nitrogen and oxygen atoms in total. The van der Waals surface area contributed by atoms with Gasteiger partial charge in [0.05, 0.1) is 6.61 Å². The highest BCUT2D eigenvalue weighted by atomic mass is 16.6. The van der Waals surface area contributed by atoms with E-state index >= 15 is 0 Å². The van der Waals surface area contributed by atoms with Crippen molar-refractivity contribution in [2.45, 2.75) is 30.6 Å². The van der Waals surface area contributed by atoms with Gasteiger partial charge in [-0.2, -0.15) is 0 Å². The number of ether oxygens (including phenoxy) is 1. The van der Waals surface area contributed by atoms with Gasteiger partial charge in [0.1, 0.15) is 30.6 Å². The average molecular weight is 193 g/mol. The molecule has 0 aromatic rings. The van der Waals surface area contributed by atoms with Crippen LogP contribution in [0.25, 0.3) is 0 Å². The fourth-order valence-electron chi connectivity index (χ4n) is 1.34. The van der Waals surface area contributed by atoms with E-state index in [9.17, 15) is 15.3 Å². The summed E-state index contributed by atoms with van der Waals surface area (Å²) >= 11 is 0. The average Bonchev–Trinajstić information content (AvgIpc) is 2.15. The summed E-state index contributed by atoms with van der Waals surface area (Å²) in [6, 6.07) is 0. The number of rotatable bonds is 2. The first-order valence-corrected chi connectivity index (χ1v) is 4.09. The normalized spacial score (nSPS) is 46.4. The van der Waals surface area contributed by atoms with Crippen molar-refractivity contribution in [2.75, 3.05) is 13.7 Å². The second-order valence-electron chi connectivity index (χ2n) is 3.04. The van der Waals surface area contributed by atoms with Crippen molar-refractivity contribution in [3.05, 3.63) is 0 Å². The van der Waals surface area contributed by atoms with E-state index in [2.05, 4.69) is 5.32 Å². The molecular weight excluding hydrogens is 178 g/mol. The highest BCUT2D eigenvalue weighted by Gasteiger charge is 2.42. The molecule has 78 valence electrons. The monoisotopic (exact) mass is 193 g/mol. The van der Waals surface area contributed by atoms with Gasteiger partial charge in [-0.1, -0.05) is 0 Å². The first kappa shape index (κ1) is 10.8. The van der Waals surface area contributed by atoms with Crippen LogP contribution >= 0.6 is 0 Å². The summed E-state index contributed by atoms with van der Waals surface area (Å²) in [5.74, 6) is 0. The SMILES string of the molecule is CN[C@H]1O[C@H](CO)[C@@H](O)[C@H](O)[C@@H]1O. The summed E-state index contributed by atoms with van der Waals surface area (Å²) in [5, 5.41) is 39.3. The van der Waals surface area contributed by atoms with E-state index in [4.69, 9.17) is 9.84 Å². The Morgan fingerprint density at radius 1 is 1.15 bits per heavy atom. The van der Waals surface area contributed by atoms with Gasteiger partial charge in [-0.25, -0.2) is 0 Å². The second kappa shape index (κ2) is 4.32. The molecule has 0 aliphatic carbocycles. The van der Waals surface area contributed by atoms with Crippen molar-refractivity contribution >= 4 is 0 Å². The number of aliphatic hydroxyl groups is 4. The zero-order chi connectivity index (χ0) is 10.0. The van der Waals surface area contributed by atoms with E-state index in [1.807, 2.05) is 0 Å². The van der Waals surface area contributed by atoms with Gasteiger partial charge in [-0.3, -0.25) is 5.32 Å². The fourth-order valence-corrected chi connectivity index (χ4v) is 1.34. The van der Waals surface area contributed by atoms with Crippen LogP contribution in [0.3, 0.4) is 0 Å². The zero-order valence-corrected chi connectivity index (χ0v) is 7.29. The number of likely N-dealkylation sites (N-methyl/N-ethyl adjacent to an activating group) is 1. The van der Waals surface area contributed by atoms with Crippen LogP contribution in [0.5, 0.6) is 0 Å². The molecule has 1 aliphatic heterocycles. The summed E-state index contributed by atoms with van der Waals surface area (Å²) in [7, 11) is 1.55. The van der Waals surface area contributed by atoms with Gasteiger partial charge < -0.3 is 25.2 Å². The molecule has 0 aromatic heterocycles. The molecule has 1 saturated heterocycles. The Balaban J connectivity index is 2.66. The highest BCUT2D eigenvalue weighted by Crippen LogP contribution is 2.18. The Kier molecular flexibility index (Phi) is 3.60. The van der Waals surface area contributed by atoms with Gasteiger partial charge in [0, 0.05) is 0 Å². The van der Waals surface area contributed by atoms with Crippen molar-refractivity contribution in [3.63, 3.8) is 0 Å².